The van der Waals surface area contributed by atoms with E-state index in [1.165, 1.54) is 15.1 Å². The van der Waals surface area contributed by atoms with Gasteiger partial charge in [0.2, 0.25) is 5.28 Å². The second kappa shape index (κ2) is 3.82. The summed E-state index contributed by atoms with van der Waals surface area (Å²) in [6, 6.07) is 4.06. The van der Waals surface area contributed by atoms with Crippen LogP contribution in [-0.4, -0.2) is 15.0 Å². The monoisotopic (exact) mass is 263 g/mol. The molecule has 0 aliphatic heterocycles. The van der Waals surface area contributed by atoms with Crippen LogP contribution >= 0.6 is 22.9 Å². The largest absolute Gasteiger partial charge is 0.350 e. The summed E-state index contributed by atoms with van der Waals surface area (Å²) in [7, 11) is 0. The zero-order valence-corrected chi connectivity index (χ0v) is 11.0. The van der Waals surface area contributed by atoms with Crippen molar-refractivity contribution < 1.29 is 0 Å². The number of rotatable bonds is 1. The summed E-state index contributed by atoms with van der Waals surface area (Å²) in [4.78, 5) is 14.0. The van der Waals surface area contributed by atoms with Gasteiger partial charge in [0.25, 0.3) is 0 Å². The molecule has 0 amide bonds. The van der Waals surface area contributed by atoms with E-state index in [4.69, 9.17) is 11.6 Å². The van der Waals surface area contributed by atoms with E-state index in [1.54, 1.807) is 17.5 Å². The molecule has 0 aromatic carbocycles. The molecule has 0 bridgehead atoms. The van der Waals surface area contributed by atoms with Gasteiger partial charge in [0.05, 0.1) is 5.69 Å². The number of nitrogens with zero attached hydrogens (tertiary/aromatic N) is 2. The second-order valence-electron chi connectivity index (χ2n) is 3.94. The molecule has 0 aliphatic rings. The Labute approximate surface area is 107 Å². The fourth-order valence-corrected chi connectivity index (χ4v) is 3.15. The lowest BCUT2D eigenvalue weighted by molar-refractivity contribution is 1.17. The molecule has 3 rings (SSSR count). The van der Waals surface area contributed by atoms with Gasteiger partial charge in [-0.25, -0.2) is 9.97 Å². The van der Waals surface area contributed by atoms with Gasteiger partial charge in [0.1, 0.15) is 4.83 Å². The van der Waals surface area contributed by atoms with Gasteiger partial charge in [-0.3, -0.25) is 0 Å². The Bertz CT molecular complexity index is 699. The normalized spacial score (nSPS) is 11.2. The van der Waals surface area contributed by atoms with E-state index in [9.17, 15) is 0 Å². The van der Waals surface area contributed by atoms with Crippen LogP contribution in [0, 0.1) is 13.8 Å². The molecule has 0 fully saturated rings. The van der Waals surface area contributed by atoms with Crippen LogP contribution in [0.4, 0.5) is 0 Å². The topological polar surface area (TPSA) is 41.6 Å². The maximum atomic E-state index is 5.84. The summed E-state index contributed by atoms with van der Waals surface area (Å²) in [6.07, 6.45) is 1.68. The molecule has 5 heteroatoms. The van der Waals surface area contributed by atoms with Crippen molar-refractivity contribution in [2.24, 2.45) is 0 Å². The maximum absolute atomic E-state index is 5.84. The van der Waals surface area contributed by atoms with Gasteiger partial charge < -0.3 is 4.98 Å². The maximum Gasteiger partial charge on any atom is 0.222 e. The fourth-order valence-electron chi connectivity index (χ4n) is 2.03. The molecule has 0 spiro atoms. The lowest BCUT2D eigenvalue weighted by atomic mass is 10.1. The Balaban J connectivity index is 2.32. The second-order valence-corrected chi connectivity index (χ2v) is 5.53. The molecule has 0 saturated heterocycles. The van der Waals surface area contributed by atoms with Crippen LogP contribution in [0.5, 0.6) is 0 Å². The van der Waals surface area contributed by atoms with E-state index in [0.29, 0.717) is 0 Å². The van der Waals surface area contributed by atoms with Gasteiger partial charge in [-0.05, 0) is 37.6 Å². The van der Waals surface area contributed by atoms with Gasteiger partial charge in [-0.2, -0.15) is 0 Å². The summed E-state index contributed by atoms with van der Waals surface area (Å²) >= 11 is 7.59. The zero-order chi connectivity index (χ0) is 12.0. The van der Waals surface area contributed by atoms with Crippen molar-refractivity contribution in [2.75, 3.05) is 0 Å². The highest BCUT2D eigenvalue weighted by Crippen LogP contribution is 2.35. The highest BCUT2D eigenvalue weighted by atomic mass is 35.5. The van der Waals surface area contributed by atoms with Crippen LogP contribution in [0.25, 0.3) is 21.5 Å². The molecule has 3 heterocycles. The first kappa shape index (κ1) is 10.7. The molecule has 0 atom stereocenters. The quantitative estimate of drug-likeness (QED) is 0.675. The van der Waals surface area contributed by atoms with E-state index in [1.807, 2.05) is 13.0 Å². The summed E-state index contributed by atoms with van der Waals surface area (Å²) in [5.41, 5.74) is 3.10. The third kappa shape index (κ3) is 1.73. The minimum absolute atomic E-state index is 0.281. The standard InChI is InChI=1S/C12H10ClN3S/c1-6-5-8-10(7(2)15-11(8)17-6)9-3-4-14-12(13)16-9/h3-5,15H,1-2H3. The number of aromatic amines is 1. The van der Waals surface area contributed by atoms with E-state index >= 15 is 0 Å². The number of aryl methyl sites for hydroxylation is 2. The van der Waals surface area contributed by atoms with Crippen LogP contribution < -0.4 is 0 Å². The van der Waals surface area contributed by atoms with Crippen molar-refractivity contribution in [3.8, 4) is 11.3 Å². The van der Waals surface area contributed by atoms with Gasteiger partial charge in [0, 0.05) is 27.7 Å². The molecule has 3 aromatic rings. The fraction of sp³-hybridized carbons (Fsp3) is 0.167. The first-order valence-electron chi connectivity index (χ1n) is 5.23. The zero-order valence-electron chi connectivity index (χ0n) is 9.41. The van der Waals surface area contributed by atoms with Crippen molar-refractivity contribution in [3.05, 3.63) is 34.2 Å². The highest BCUT2D eigenvalue weighted by molar-refractivity contribution is 7.18. The summed E-state index contributed by atoms with van der Waals surface area (Å²) in [5.74, 6) is 0. The number of fused-ring (bicyclic) bond motifs is 1. The number of nitrogens with one attached hydrogen (secondary N) is 1. The summed E-state index contributed by atoms with van der Waals surface area (Å²) in [6.45, 7) is 4.15. The van der Waals surface area contributed by atoms with Crippen LogP contribution in [-0.2, 0) is 0 Å². The molecule has 0 saturated carbocycles. The average molecular weight is 264 g/mol. The SMILES string of the molecule is Cc1cc2c(-c3ccnc(Cl)n3)c(C)[nH]c2s1. The molecule has 86 valence electrons. The van der Waals surface area contributed by atoms with Crippen LogP contribution in [0.3, 0.4) is 0 Å². The highest BCUT2D eigenvalue weighted by Gasteiger charge is 2.14. The Morgan fingerprint density at radius 3 is 2.94 bits per heavy atom. The van der Waals surface area contributed by atoms with Crippen LogP contribution in [0.15, 0.2) is 18.3 Å². The number of hydrogen-bond acceptors (Lipinski definition) is 3. The number of halogens is 1. The van der Waals surface area contributed by atoms with Crippen molar-refractivity contribution in [3.63, 3.8) is 0 Å². The summed E-state index contributed by atoms with van der Waals surface area (Å²) in [5, 5.41) is 1.49. The molecular formula is C12H10ClN3S. The minimum atomic E-state index is 0.281. The van der Waals surface area contributed by atoms with Crippen molar-refractivity contribution in [1.82, 2.24) is 15.0 Å². The number of thiophene rings is 1. The predicted molar refractivity (Wildman–Crippen MR) is 71.7 cm³/mol. The van der Waals surface area contributed by atoms with Crippen molar-refractivity contribution in [1.29, 1.82) is 0 Å². The van der Waals surface area contributed by atoms with Crippen LogP contribution in [0.2, 0.25) is 5.28 Å². The van der Waals surface area contributed by atoms with Crippen molar-refractivity contribution in [2.45, 2.75) is 13.8 Å². The molecule has 0 unspecified atom stereocenters. The van der Waals surface area contributed by atoms with Gasteiger partial charge in [-0.15, -0.1) is 11.3 Å². The average Bonchev–Trinajstić information content (AvgIpc) is 2.72. The van der Waals surface area contributed by atoms with E-state index in [2.05, 4.69) is 27.9 Å². The molecule has 0 radical (unpaired) electrons. The Morgan fingerprint density at radius 1 is 1.35 bits per heavy atom. The molecule has 3 aromatic heterocycles. The first-order valence-corrected chi connectivity index (χ1v) is 6.42. The number of aromatic nitrogens is 3. The third-order valence-corrected chi connectivity index (χ3v) is 3.83. The Kier molecular flexibility index (Phi) is 2.42. The van der Waals surface area contributed by atoms with Crippen molar-refractivity contribution >= 4 is 33.2 Å². The summed E-state index contributed by atoms with van der Waals surface area (Å²) < 4.78 is 0. The smallest absolute Gasteiger partial charge is 0.222 e. The third-order valence-electron chi connectivity index (χ3n) is 2.68. The van der Waals surface area contributed by atoms with Gasteiger partial charge >= 0.3 is 0 Å². The Morgan fingerprint density at radius 2 is 2.18 bits per heavy atom. The van der Waals surface area contributed by atoms with Gasteiger partial charge in [0.15, 0.2) is 0 Å². The van der Waals surface area contributed by atoms with E-state index < -0.39 is 0 Å². The molecule has 1 N–H and O–H groups in total. The Hall–Kier alpha value is -1.39. The molecular weight excluding hydrogens is 254 g/mol. The van der Waals surface area contributed by atoms with E-state index in [0.717, 1.165) is 17.0 Å². The number of H-pyrrole nitrogens is 1. The predicted octanol–water partition coefficient (Wildman–Crippen LogP) is 3.96. The molecule has 3 nitrogen and oxygen atoms in total. The molecule has 0 aliphatic carbocycles. The van der Waals surface area contributed by atoms with Crippen LogP contribution in [0.1, 0.15) is 10.6 Å². The lowest BCUT2D eigenvalue weighted by Gasteiger charge is -2.00. The van der Waals surface area contributed by atoms with E-state index in [-0.39, 0.29) is 5.28 Å². The minimum Gasteiger partial charge on any atom is -0.350 e. The number of hydrogen-bond donors (Lipinski definition) is 1. The first-order chi connectivity index (χ1) is 8.15. The lowest BCUT2D eigenvalue weighted by Crippen LogP contribution is -1.87. The van der Waals surface area contributed by atoms with Gasteiger partial charge in [-0.1, -0.05) is 0 Å². The molecule has 17 heavy (non-hydrogen) atoms.